The average molecular weight is 468 g/mol. The van der Waals surface area contributed by atoms with E-state index in [0.717, 1.165) is 58.5 Å². The Balaban J connectivity index is 0.00000225. The minimum Gasteiger partial charge on any atom is -0.441 e. The molecule has 3 aliphatic heterocycles. The molecule has 0 saturated carbocycles. The van der Waals surface area contributed by atoms with Gasteiger partial charge < -0.3 is 25.2 Å². The van der Waals surface area contributed by atoms with Crippen LogP contribution in [0.25, 0.3) is 0 Å². The van der Waals surface area contributed by atoms with E-state index in [2.05, 4.69) is 23.6 Å². The second-order valence-electron chi connectivity index (χ2n) is 8.72. The summed E-state index contributed by atoms with van der Waals surface area (Å²) in [4.78, 5) is 33.1. The lowest BCUT2D eigenvalue weighted by Gasteiger charge is -2.37. The van der Waals surface area contributed by atoms with E-state index in [1.54, 1.807) is 0 Å². The molecule has 0 radical (unpaired) electrons. The molecule has 3 heterocycles. The number of piperazine rings is 1. The van der Waals surface area contributed by atoms with Crippen molar-refractivity contribution in [2.75, 3.05) is 65.4 Å². The van der Waals surface area contributed by atoms with Crippen LogP contribution >= 0.6 is 24.8 Å². The summed E-state index contributed by atoms with van der Waals surface area (Å²) in [7, 11) is 0. The average Bonchev–Trinajstić information content (AvgIpc) is 2.98. The molecule has 0 aromatic carbocycles. The van der Waals surface area contributed by atoms with Crippen LogP contribution in [0.5, 0.6) is 0 Å². The topological polar surface area (TPSA) is 82.3 Å². The highest BCUT2D eigenvalue weighted by Gasteiger charge is 2.47. The molecule has 0 aliphatic carbocycles. The minimum absolute atomic E-state index is 0. The van der Waals surface area contributed by atoms with Crippen molar-refractivity contribution in [3.8, 4) is 0 Å². The summed E-state index contributed by atoms with van der Waals surface area (Å²) < 4.78 is 5.78. The van der Waals surface area contributed by atoms with Gasteiger partial charge in [-0.25, -0.2) is 4.79 Å². The van der Waals surface area contributed by atoms with E-state index in [0.29, 0.717) is 38.6 Å². The van der Waals surface area contributed by atoms with Gasteiger partial charge in [0.2, 0.25) is 5.91 Å². The highest BCUT2D eigenvalue weighted by molar-refractivity contribution is 5.85. The highest BCUT2D eigenvalue weighted by atomic mass is 35.5. The van der Waals surface area contributed by atoms with Gasteiger partial charge in [0.1, 0.15) is 5.60 Å². The van der Waals surface area contributed by atoms with Gasteiger partial charge in [0.25, 0.3) is 0 Å². The molecule has 0 unspecified atom stereocenters. The standard InChI is InChI=1S/C20H37N5O3.2ClH/c1-17(2)23-14-12-22(13-15-23)8-3-9-25-16-20(28-19(25)27)5-10-24(11-6-20)18(26)4-7-21;;/h17H,3-16,21H2,1-2H3;2*1H. The van der Waals surface area contributed by atoms with Gasteiger partial charge in [-0.05, 0) is 26.8 Å². The Bertz CT molecular complexity index is 551. The molecule has 10 heteroatoms. The number of hydrogen-bond acceptors (Lipinski definition) is 6. The Labute approximate surface area is 193 Å². The lowest BCUT2D eigenvalue weighted by atomic mass is 9.91. The Morgan fingerprint density at radius 2 is 1.70 bits per heavy atom. The largest absolute Gasteiger partial charge is 0.441 e. The molecule has 1 spiro atoms. The van der Waals surface area contributed by atoms with Gasteiger partial charge in [-0.2, -0.15) is 0 Å². The fourth-order valence-electron chi connectivity index (χ4n) is 4.56. The van der Waals surface area contributed by atoms with Crippen LogP contribution in [0.3, 0.4) is 0 Å². The van der Waals surface area contributed by atoms with Crippen LogP contribution in [0.15, 0.2) is 0 Å². The molecule has 176 valence electrons. The molecule has 0 aromatic heterocycles. The van der Waals surface area contributed by atoms with Crippen LogP contribution in [-0.4, -0.2) is 109 Å². The second kappa shape index (κ2) is 12.3. The Hall–Kier alpha value is -0.800. The van der Waals surface area contributed by atoms with Crippen LogP contribution in [0.4, 0.5) is 4.79 Å². The summed E-state index contributed by atoms with van der Waals surface area (Å²) in [6.07, 6.45) is 2.63. The SMILES string of the molecule is CC(C)N1CCN(CCCN2CC3(CCN(C(=O)CCN)CC3)OC2=O)CC1.Cl.Cl. The number of amides is 2. The number of ether oxygens (including phenoxy) is 1. The first-order valence-corrected chi connectivity index (χ1v) is 10.8. The third kappa shape index (κ3) is 6.85. The molecule has 0 bridgehead atoms. The van der Waals surface area contributed by atoms with Gasteiger partial charge in [0, 0.05) is 77.7 Å². The molecule has 0 atom stereocenters. The van der Waals surface area contributed by atoms with Crippen LogP contribution in [-0.2, 0) is 9.53 Å². The maximum absolute atomic E-state index is 12.4. The zero-order chi connectivity index (χ0) is 20.1. The van der Waals surface area contributed by atoms with Crippen LogP contribution in [0.2, 0.25) is 0 Å². The molecular formula is C20H39Cl2N5O3. The number of halogens is 2. The third-order valence-electron chi connectivity index (χ3n) is 6.47. The predicted molar refractivity (Wildman–Crippen MR) is 123 cm³/mol. The summed E-state index contributed by atoms with van der Waals surface area (Å²) in [6.45, 7) is 13.1. The van der Waals surface area contributed by atoms with E-state index >= 15 is 0 Å². The van der Waals surface area contributed by atoms with Crippen molar-refractivity contribution in [1.82, 2.24) is 19.6 Å². The summed E-state index contributed by atoms with van der Waals surface area (Å²) >= 11 is 0. The minimum atomic E-state index is -0.403. The molecule has 8 nitrogen and oxygen atoms in total. The number of piperidine rings is 1. The van der Waals surface area contributed by atoms with Crippen molar-refractivity contribution in [3.63, 3.8) is 0 Å². The van der Waals surface area contributed by atoms with Gasteiger partial charge in [-0.15, -0.1) is 24.8 Å². The maximum Gasteiger partial charge on any atom is 0.410 e. The smallest absolute Gasteiger partial charge is 0.410 e. The fraction of sp³-hybridized carbons (Fsp3) is 0.900. The predicted octanol–water partition coefficient (Wildman–Crippen LogP) is 1.41. The van der Waals surface area contributed by atoms with Gasteiger partial charge in [0.05, 0.1) is 6.54 Å². The van der Waals surface area contributed by atoms with Crippen LogP contribution in [0, 0.1) is 0 Å². The van der Waals surface area contributed by atoms with Gasteiger partial charge >= 0.3 is 6.09 Å². The maximum atomic E-state index is 12.4. The van der Waals surface area contributed by atoms with Crippen LogP contribution in [0.1, 0.15) is 39.5 Å². The first kappa shape index (κ1) is 27.2. The number of rotatable bonds is 7. The number of nitrogens with two attached hydrogens (primary N) is 1. The van der Waals surface area contributed by atoms with Gasteiger partial charge in [0.15, 0.2) is 0 Å². The Kier molecular flexibility index (Phi) is 11.2. The molecular weight excluding hydrogens is 429 g/mol. The number of carbonyl (C=O) groups excluding carboxylic acids is 2. The lowest BCUT2D eigenvalue weighted by Crippen LogP contribution is -2.49. The van der Waals surface area contributed by atoms with Crippen molar-refractivity contribution in [2.45, 2.75) is 51.2 Å². The van der Waals surface area contributed by atoms with Crippen molar-refractivity contribution >= 4 is 36.8 Å². The summed E-state index contributed by atoms with van der Waals surface area (Å²) in [5, 5.41) is 0. The monoisotopic (exact) mass is 467 g/mol. The normalized spacial score (nSPS) is 22.1. The molecule has 2 N–H and O–H groups in total. The summed E-state index contributed by atoms with van der Waals surface area (Å²) in [6, 6.07) is 0.620. The second-order valence-corrected chi connectivity index (χ2v) is 8.72. The number of likely N-dealkylation sites (tertiary alicyclic amines) is 1. The fourth-order valence-corrected chi connectivity index (χ4v) is 4.56. The van der Waals surface area contributed by atoms with Gasteiger partial charge in [-0.1, -0.05) is 0 Å². The summed E-state index contributed by atoms with van der Waals surface area (Å²) in [5.41, 5.74) is 5.08. The van der Waals surface area contributed by atoms with Crippen molar-refractivity contribution in [1.29, 1.82) is 0 Å². The molecule has 3 rings (SSSR count). The molecule has 3 saturated heterocycles. The van der Waals surface area contributed by atoms with Crippen molar-refractivity contribution < 1.29 is 14.3 Å². The zero-order valence-corrected chi connectivity index (χ0v) is 20.0. The Morgan fingerprint density at radius 1 is 1.07 bits per heavy atom. The molecule has 0 aromatic rings. The first-order chi connectivity index (χ1) is 13.4. The van der Waals surface area contributed by atoms with Crippen molar-refractivity contribution in [3.05, 3.63) is 0 Å². The highest BCUT2D eigenvalue weighted by Crippen LogP contribution is 2.33. The van der Waals surface area contributed by atoms with Gasteiger partial charge in [-0.3, -0.25) is 9.69 Å². The van der Waals surface area contributed by atoms with E-state index in [1.807, 2.05) is 9.80 Å². The molecule has 3 fully saturated rings. The lowest BCUT2D eigenvalue weighted by molar-refractivity contribution is -0.134. The number of carbonyl (C=O) groups is 2. The van der Waals surface area contributed by atoms with E-state index in [4.69, 9.17) is 10.5 Å². The summed E-state index contributed by atoms with van der Waals surface area (Å²) in [5.74, 6) is 0.107. The van der Waals surface area contributed by atoms with E-state index in [1.165, 1.54) is 0 Å². The molecule has 2 amide bonds. The molecule has 3 aliphatic rings. The first-order valence-electron chi connectivity index (χ1n) is 10.8. The third-order valence-corrected chi connectivity index (χ3v) is 6.47. The number of hydrogen-bond donors (Lipinski definition) is 1. The van der Waals surface area contributed by atoms with E-state index in [9.17, 15) is 9.59 Å². The van der Waals surface area contributed by atoms with Crippen molar-refractivity contribution in [2.24, 2.45) is 5.73 Å². The Morgan fingerprint density at radius 3 is 2.27 bits per heavy atom. The van der Waals surface area contributed by atoms with E-state index in [-0.39, 0.29) is 36.8 Å². The van der Waals surface area contributed by atoms with E-state index < -0.39 is 5.60 Å². The molecule has 30 heavy (non-hydrogen) atoms. The van der Waals surface area contributed by atoms with Crippen LogP contribution < -0.4 is 5.73 Å². The zero-order valence-electron chi connectivity index (χ0n) is 18.4. The number of nitrogens with zero attached hydrogens (tertiary/aromatic N) is 4. The quantitative estimate of drug-likeness (QED) is 0.609.